The summed E-state index contributed by atoms with van der Waals surface area (Å²) >= 11 is 0. The second kappa shape index (κ2) is 5.38. The first-order valence-corrected chi connectivity index (χ1v) is 6.41. The molecule has 0 radical (unpaired) electrons. The molecule has 1 aromatic heterocycles. The molecule has 0 saturated heterocycles. The number of nitrogens with one attached hydrogen (secondary N) is 1. The van der Waals surface area contributed by atoms with Crippen molar-refractivity contribution in [3.8, 4) is 0 Å². The molecule has 7 heteroatoms. The van der Waals surface area contributed by atoms with E-state index in [1.807, 2.05) is 6.92 Å². The topological polar surface area (TPSA) is 86.1 Å². The van der Waals surface area contributed by atoms with Gasteiger partial charge in [-0.1, -0.05) is 12.1 Å². The zero-order valence-corrected chi connectivity index (χ0v) is 11.3. The van der Waals surface area contributed by atoms with Crippen LogP contribution in [-0.4, -0.2) is 40.0 Å². The molecule has 0 aromatic carbocycles. The fourth-order valence-corrected chi connectivity index (χ4v) is 1.87. The van der Waals surface area contributed by atoms with Gasteiger partial charge in [0, 0.05) is 6.04 Å². The van der Waals surface area contributed by atoms with E-state index in [0.29, 0.717) is 18.2 Å². The van der Waals surface area contributed by atoms with Gasteiger partial charge in [0.1, 0.15) is 6.04 Å². The number of methoxy groups -OCH3 is 1. The molecule has 7 nitrogen and oxygen atoms in total. The first-order valence-electron chi connectivity index (χ1n) is 6.41. The molecule has 1 aliphatic carbocycles. The highest BCUT2D eigenvalue weighted by atomic mass is 16.5. The lowest BCUT2D eigenvalue weighted by Crippen LogP contribution is -2.33. The van der Waals surface area contributed by atoms with Gasteiger partial charge in [-0.05, 0) is 26.2 Å². The third-order valence-electron chi connectivity index (χ3n) is 3.17. The van der Waals surface area contributed by atoms with E-state index in [1.165, 1.54) is 11.8 Å². The Bertz CT molecular complexity index is 493. The monoisotopic (exact) mass is 266 g/mol. The van der Waals surface area contributed by atoms with Crippen LogP contribution in [0.2, 0.25) is 0 Å². The molecular weight excluding hydrogens is 248 g/mol. The molecule has 0 spiro atoms. The Balaban J connectivity index is 2.20. The maximum absolute atomic E-state index is 12.0. The molecule has 1 aromatic rings. The van der Waals surface area contributed by atoms with Gasteiger partial charge < -0.3 is 10.1 Å². The minimum atomic E-state index is -0.530. The number of carbonyl (C=O) groups is 2. The van der Waals surface area contributed by atoms with E-state index in [1.54, 1.807) is 6.92 Å². The van der Waals surface area contributed by atoms with Crippen LogP contribution in [0.25, 0.3) is 0 Å². The molecule has 1 aliphatic rings. The molecule has 1 saturated carbocycles. The summed E-state index contributed by atoms with van der Waals surface area (Å²) in [7, 11) is 1.30. The summed E-state index contributed by atoms with van der Waals surface area (Å²) in [6.07, 6.45) is 2.62. The summed E-state index contributed by atoms with van der Waals surface area (Å²) in [4.78, 5) is 23.5. The number of aromatic nitrogens is 3. The number of carbonyl (C=O) groups excluding carboxylic acids is 2. The lowest BCUT2D eigenvalue weighted by molar-refractivity contribution is -0.124. The molecule has 0 aliphatic heterocycles. The second-order valence-electron chi connectivity index (χ2n) is 4.63. The predicted molar refractivity (Wildman–Crippen MR) is 66.6 cm³/mol. The average molecular weight is 266 g/mol. The molecule has 2 rings (SSSR count). The van der Waals surface area contributed by atoms with Gasteiger partial charge in [-0.2, -0.15) is 0 Å². The van der Waals surface area contributed by atoms with Crippen molar-refractivity contribution in [3.05, 3.63) is 11.4 Å². The summed E-state index contributed by atoms with van der Waals surface area (Å²) < 4.78 is 6.14. The van der Waals surface area contributed by atoms with Crippen LogP contribution in [0.3, 0.4) is 0 Å². The van der Waals surface area contributed by atoms with Gasteiger partial charge in [0.15, 0.2) is 5.69 Å². The summed E-state index contributed by atoms with van der Waals surface area (Å²) in [5.74, 6) is -0.628. The number of rotatable bonds is 5. The Morgan fingerprint density at radius 2 is 2.21 bits per heavy atom. The van der Waals surface area contributed by atoms with Crippen LogP contribution in [0, 0.1) is 0 Å². The molecule has 1 atom stereocenters. The minimum Gasteiger partial charge on any atom is -0.464 e. The van der Waals surface area contributed by atoms with Gasteiger partial charge in [0.25, 0.3) is 0 Å². The highest BCUT2D eigenvalue weighted by molar-refractivity contribution is 5.88. The Morgan fingerprint density at radius 1 is 1.53 bits per heavy atom. The molecule has 19 heavy (non-hydrogen) atoms. The molecule has 1 N–H and O–H groups in total. The predicted octanol–water partition coefficient (Wildman–Crippen LogP) is 0.467. The maximum atomic E-state index is 12.0. The number of amides is 1. The molecule has 1 heterocycles. The quantitative estimate of drug-likeness (QED) is 0.783. The van der Waals surface area contributed by atoms with Gasteiger partial charge >= 0.3 is 5.97 Å². The highest BCUT2D eigenvalue weighted by Crippen LogP contribution is 2.20. The molecule has 0 bridgehead atoms. The number of hydrogen-bond donors (Lipinski definition) is 1. The lowest BCUT2D eigenvalue weighted by Gasteiger charge is -2.14. The number of nitrogens with zero attached hydrogens (tertiary/aromatic N) is 3. The van der Waals surface area contributed by atoms with E-state index in [-0.39, 0.29) is 11.6 Å². The fraction of sp³-hybridized carbons (Fsp3) is 0.667. The van der Waals surface area contributed by atoms with Crippen molar-refractivity contribution in [2.75, 3.05) is 7.11 Å². The fourth-order valence-electron chi connectivity index (χ4n) is 1.87. The van der Waals surface area contributed by atoms with E-state index >= 15 is 0 Å². The van der Waals surface area contributed by atoms with Crippen molar-refractivity contribution < 1.29 is 14.3 Å². The van der Waals surface area contributed by atoms with Gasteiger partial charge in [-0.15, -0.1) is 5.10 Å². The van der Waals surface area contributed by atoms with Gasteiger partial charge in [0.05, 0.1) is 12.8 Å². The number of hydrogen-bond acceptors (Lipinski definition) is 5. The van der Waals surface area contributed by atoms with Crippen molar-refractivity contribution in [1.82, 2.24) is 20.3 Å². The minimum absolute atomic E-state index is 0.0986. The Hall–Kier alpha value is -1.92. The van der Waals surface area contributed by atoms with Crippen LogP contribution in [0.4, 0.5) is 0 Å². The number of ether oxygens (including phenoxy) is 1. The van der Waals surface area contributed by atoms with E-state index in [9.17, 15) is 9.59 Å². The zero-order chi connectivity index (χ0) is 14.0. The molecular formula is C12H18N4O3. The largest absolute Gasteiger partial charge is 0.464 e. The van der Waals surface area contributed by atoms with Crippen molar-refractivity contribution >= 4 is 11.9 Å². The van der Waals surface area contributed by atoms with Crippen LogP contribution in [0.5, 0.6) is 0 Å². The summed E-state index contributed by atoms with van der Waals surface area (Å²) in [6.45, 7) is 3.62. The number of esters is 1. The second-order valence-corrected chi connectivity index (χ2v) is 4.63. The Morgan fingerprint density at radius 3 is 2.74 bits per heavy atom. The van der Waals surface area contributed by atoms with Crippen LogP contribution < -0.4 is 5.32 Å². The van der Waals surface area contributed by atoms with Gasteiger partial charge in [-0.25, -0.2) is 9.48 Å². The molecule has 104 valence electrons. The maximum Gasteiger partial charge on any atom is 0.360 e. The normalized spacial score (nSPS) is 15.9. The van der Waals surface area contributed by atoms with Gasteiger partial charge in [-0.3, -0.25) is 4.79 Å². The zero-order valence-electron chi connectivity index (χ0n) is 11.3. The van der Waals surface area contributed by atoms with Gasteiger partial charge in [0.2, 0.25) is 5.91 Å². The van der Waals surface area contributed by atoms with E-state index < -0.39 is 12.0 Å². The van der Waals surface area contributed by atoms with Crippen LogP contribution in [0.15, 0.2) is 0 Å². The first kappa shape index (κ1) is 13.5. The van der Waals surface area contributed by atoms with Crippen LogP contribution in [0.1, 0.15) is 48.9 Å². The van der Waals surface area contributed by atoms with E-state index in [4.69, 9.17) is 0 Å². The standard InChI is InChI=1S/C12H18N4O3/c1-4-9-10(12(18)19-3)14-15-16(9)7(2)11(17)13-8-5-6-8/h7-8H,4-6H2,1-3H3,(H,13,17). The van der Waals surface area contributed by atoms with Crippen molar-refractivity contribution in [2.45, 2.75) is 45.2 Å². The molecule has 1 unspecified atom stereocenters. The Labute approximate surface area is 111 Å². The SMILES string of the molecule is CCc1c(C(=O)OC)nnn1C(C)C(=O)NC1CC1. The van der Waals surface area contributed by atoms with E-state index in [0.717, 1.165) is 12.8 Å². The highest BCUT2D eigenvalue weighted by Gasteiger charge is 2.29. The van der Waals surface area contributed by atoms with Crippen molar-refractivity contribution in [1.29, 1.82) is 0 Å². The van der Waals surface area contributed by atoms with Crippen molar-refractivity contribution in [2.24, 2.45) is 0 Å². The van der Waals surface area contributed by atoms with Crippen LogP contribution >= 0.6 is 0 Å². The lowest BCUT2D eigenvalue weighted by atomic mass is 10.2. The van der Waals surface area contributed by atoms with Crippen molar-refractivity contribution in [3.63, 3.8) is 0 Å². The molecule has 1 amide bonds. The van der Waals surface area contributed by atoms with Crippen LogP contribution in [-0.2, 0) is 16.0 Å². The summed E-state index contributed by atoms with van der Waals surface area (Å²) in [5, 5.41) is 10.6. The molecule has 1 fully saturated rings. The van der Waals surface area contributed by atoms with E-state index in [2.05, 4.69) is 20.4 Å². The third kappa shape index (κ3) is 2.74. The smallest absolute Gasteiger partial charge is 0.360 e. The first-order chi connectivity index (χ1) is 9.08. The average Bonchev–Trinajstić information content (AvgIpc) is 3.12. The summed E-state index contributed by atoms with van der Waals surface area (Å²) in [5.41, 5.74) is 0.793. The summed E-state index contributed by atoms with van der Waals surface area (Å²) in [6, 6.07) is -0.190. The Kier molecular flexibility index (Phi) is 3.82. The third-order valence-corrected chi connectivity index (χ3v) is 3.17.